The molecule has 80 valence electrons. The molecule has 1 aromatic carbocycles. The van der Waals surface area contributed by atoms with Crippen LogP contribution in [0.25, 0.3) is 15.7 Å². The molecule has 2 aromatic rings. The van der Waals surface area contributed by atoms with E-state index in [0.29, 0.717) is 20.1 Å². The van der Waals surface area contributed by atoms with Gasteiger partial charge in [0.15, 0.2) is 0 Å². The summed E-state index contributed by atoms with van der Waals surface area (Å²) in [5, 5.41) is 0.794. The molecule has 1 aromatic heterocycles. The number of carbonyl (C=O) groups excluding carboxylic acids is 1. The second kappa shape index (κ2) is 3.77. The molecule has 4 heteroatoms. The number of ether oxygens (including phenoxy) is 1. The van der Waals surface area contributed by atoms with E-state index in [2.05, 4.69) is 17.1 Å². The molecule has 3 rings (SSSR count). The summed E-state index contributed by atoms with van der Waals surface area (Å²) in [7, 11) is 0. The van der Waals surface area contributed by atoms with Crippen LogP contribution in [0, 0.1) is 0 Å². The van der Waals surface area contributed by atoms with E-state index in [-0.39, 0.29) is 6.61 Å². The van der Waals surface area contributed by atoms with Crippen molar-refractivity contribution in [3.8, 4) is 5.75 Å². The Morgan fingerprint density at radius 1 is 1.38 bits per heavy atom. The quantitative estimate of drug-likeness (QED) is 0.597. The Balaban J connectivity index is 2.23. The Bertz CT molecular complexity index is 613. The van der Waals surface area contributed by atoms with Crippen molar-refractivity contribution in [1.29, 1.82) is 0 Å². The number of rotatable bonds is 1. The van der Waals surface area contributed by atoms with E-state index in [9.17, 15) is 4.79 Å². The summed E-state index contributed by atoms with van der Waals surface area (Å²) in [6, 6.07) is 6.14. The van der Waals surface area contributed by atoms with Gasteiger partial charge in [0.05, 0.1) is 0 Å². The fourth-order valence-electron chi connectivity index (χ4n) is 1.78. The van der Waals surface area contributed by atoms with Crippen molar-refractivity contribution in [1.82, 2.24) is 0 Å². The molecule has 1 aliphatic heterocycles. The first kappa shape index (κ1) is 10.2. The zero-order chi connectivity index (χ0) is 11.1. The molecule has 0 N–H and O–H groups in total. The van der Waals surface area contributed by atoms with Crippen LogP contribution in [-0.4, -0.2) is 26.4 Å². The maximum absolute atomic E-state index is 11.1. The molecular weight excluding hydrogens is 291 g/mol. The van der Waals surface area contributed by atoms with Crippen LogP contribution in [-0.2, 0) is 4.79 Å². The van der Waals surface area contributed by atoms with Crippen molar-refractivity contribution < 1.29 is 9.53 Å². The second-order valence-corrected chi connectivity index (χ2v) is 5.82. The minimum absolute atomic E-state index is 0.280. The summed E-state index contributed by atoms with van der Waals surface area (Å²) in [5.74, 6) is 0.921. The van der Waals surface area contributed by atoms with E-state index in [4.69, 9.17) is 16.3 Å². The number of hydrogen-bond donors (Lipinski definition) is 0. The molecule has 0 spiro atoms. The Labute approximate surface area is 103 Å². The molecule has 0 saturated heterocycles. The van der Waals surface area contributed by atoms with E-state index >= 15 is 0 Å². The third kappa shape index (κ3) is 1.52. The Hall–Kier alpha value is -1.02. The number of halogens is 1. The van der Waals surface area contributed by atoms with Gasteiger partial charge in [-0.3, -0.25) is 0 Å². The molecule has 0 aliphatic carbocycles. The van der Waals surface area contributed by atoms with Gasteiger partial charge in [0.1, 0.15) is 0 Å². The first-order valence-electron chi connectivity index (χ1n) is 4.79. The second-order valence-electron chi connectivity index (χ2n) is 3.55. The zero-order valence-corrected chi connectivity index (χ0v) is 10.7. The first-order valence-corrected chi connectivity index (χ1v) is 7.01. The Kier molecular flexibility index (Phi) is 2.40. The molecular formula is C12H7ClO2Se. The van der Waals surface area contributed by atoms with E-state index in [1.54, 1.807) is 0 Å². The molecule has 0 bridgehead atoms. The van der Waals surface area contributed by atoms with Gasteiger partial charge in [0.25, 0.3) is 0 Å². The summed E-state index contributed by atoms with van der Waals surface area (Å²) in [4.78, 5) is 13.2. The van der Waals surface area contributed by atoms with Gasteiger partial charge in [0, 0.05) is 0 Å². The van der Waals surface area contributed by atoms with Crippen LogP contribution in [0.1, 0.15) is 5.56 Å². The van der Waals surface area contributed by atoms with Gasteiger partial charge >= 0.3 is 103 Å². The van der Waals surface area contributed by atoms with E-state index in [0.717, 1.165) is 11.3 Å². The van der Waals surface area contributed by atoms with Crippen molar-refractivity contribution in [2.45, 2.75) is 0 Å². The van der Waals surface area contributed by atoms with Gasteiger partial charge in [0.2, 0.25) is 0 Å². The molecule has 0 saturated carbocycles. The summed E-state index contributed by atoms with van der Waals surface area (Å²) in [5.41, 5.74) is 1.48. The fourth-order valence-corrected chi connectivity index (χ4v) is 3.79. The molecule has 16 heavy (non-hydrogen) atoms. The zero-order valence-electron chi connectivity index (χ0n) is 8.20. The molecule has 1 aliphatic rings. The van der Waals surface area contributed by atoms with Crippen molar-refractivity contribution in [3.63, 3.8) is 0 Å². The maximum atomic E-state index is 11.1. The van der Waals surface area contributed by atoms with Crippen molar-refractivity contribution in [2.75, 3.05) is 6.61 Å². The monoisotopic (exact) mass is 298 g/mol. The van der Waals surface area contributed by atoms with Crippen LogP contribution in [0.3, 0.4) is 0 Å². The fraction of sp³-hybridized carbons (Fsp3) is 0.0833. The van der Waals surface area contributed by atoms with Crippen molar-refractivity contribution in [2.24, 2.45) is 0 Å². The first-order chi connectivity index (χ1) is 7.75. The third-order valence-corrected chi connectivity index (χ3v) is 4.75. The molecule has 2 nitrogen and oxygen atoms in total. The SMILES string of the molecule is O=C(Cl)C1=Cc2ccc3cc[se]c3c2OC1. The average molecular weight is 298 g/mol. The standard InChI is InChI=1S/C12H7ClO2Se/c13-12(14)9-5-8-2-1-7-3-4-16-11(7)10(8)15-6-9/h1-5H,6H2. The van der Waals surface area contributed by atoms with E-state index in [1.807, 2.05) is 12.1 Å². The number of fused-ring (bicyclic) bond motifs is 3. The molecule has 0 atom stereocenters. The molecule has 0 amide bonds. The molecule has 0 fully saturated rings. The Morgan fingerprint density at radius 2 is 2.25 bits per heavy atom. The van der Waals surface area contributed by atoms with Crippen LogP contribution >= 0.6 is 11.6 Å². The predicted octanol–water partition coefficient (Wildman–Crippen LogP) is 2.44. The van der Waals surface area contributed by atoms with Gasteiger partial charge in [-0.2, -0.15) is 0 Å². The van der Waals surface area contributed by atoms with Gasteiger partial charge in [-0.05, 0) is 0 Å². The van der Waals surface area contributed by atoms with Gasteiger partial charge in [-0.1, -0.05) is 0 Å². The average Bonchev–Trinajstić information content (AvgIpc) is 2.76. The normalized spacial score (nSPS) is 14.2. The van der Waals surface area contributed by atoms with Crippen LogP contribution in [0.4, 0.5) is 0 Å². The van der Waals surface area contributed by atoms with Gasteiger partial charge in [-0.25, -0.2) is 0 Å². The van der Waals surface area contributed by atoms with E-state index in [1.165, 1.54) is 9.65 Å². The van der Waals surface area contributed by atoms with Crippen LogP contribution in [0.5, 0.6) is 5.75 Å². The number of carbonyl (C=O) groups is 1. The predicted molar refractivity (Wildman–Crippen MR) is 65.2 cm³/mol. The number of benzene rings is 1. The summed E-state index contributed by atoms with van der Waals surface area (Å²) >= 11 is 5.79. The van der Waals surface area contributed by atoms with Crippen LogP contribution < -0.4 is 4.74 Å². The van der Waals surface area contributed by atoms with Gasteiger partial charge in [-0.15, -0.1) is 0 Å². The Morgan fingerprint density at radius 3 is 3.06 bits per heavy atom. The topological polar surface area (TPSA) is 26.3 Å². The summed E-state index contributed by atoms with van der Waals surface area (Å²) in [6.45, 7) is 0.280. The molecule has 2 heterocycles. The minimum atomic E-state index is -0.435. The molecule has 0 radical (unpaired) electrons. The summed E-state index contributed by atoms with van der Waals surface area (Å²) in [6.07, 6.45) is 1.82. The number of hydrogen-bond acceptors (Lipinski definition) is 2. The van der Waals surface area contributed by atoms with Crippen molar-refractivity contribution in [3.05, 3.63) is 34.3 Å². The van der Waals surface area contributed by atoms with Crippen LogP contribution in [0.2, 0.25) is 0 Å². The van der Waals surface area contributed by atoms with Crippen LogP contribution in [0.15, 0.2) is 28.7 Å². The van der Waals surface area contributed by atoms with E-state index < -0.39 is 5.24 Å². The third-order valence-electron chi connectivity index (χ3n) is 2.56. The molecule has 0 unspecified atom stereocenters. The summed E-state index contributed by atoms with van der Waals surface area (Å²) < 4.78 is 6.91. The van der Waals surface area contributed by atoms with Gasteiger partial charge < -0.3 is 0 Å². The van der Waals surface area contributed by atoms with Crippen molar-refractivity contribution >= 4 is 47.1 Å².